The summed E-state index contributed by atoms with van der Waals surface area (Å²) in [5.74, 6) is 0. The van der Waals surface area contributed by atoms with Gasteiger partial charge >= 0.3 is 0 Å². The fourth-order valence-electron chi connectivity index (χ4n) is 3.23. The van der Waals surface area contributed by atoms with E-state index in [4.69, 9.17) is 0 Å². The average Bonchev–Trinajstić information content (AvgIpc) is 2.82. The highest BCUT2D eigenvalue weighted by Crippen LogP contribution is 2.18. The van der Waals surface area contributed by atoms with E-state index in [-0.39, 0.29) is 0 Å². The molecular formula is C15H31N3O2S. The standard InChI is InChI=1S/C15H31N3O2S/c1-2-3-11-18(14-15-9-8-10-16-15)21(19,20)17-12-6-4-5-7-13-17/h15-16H,2-14H2,1H3. The van der Waals surface area contributed by atoms with Gasteiger partial charge in [-0.25, -0.2) is 0 Å². The Hall–Kier alpha value is -0.170. The summed E-state index contributed by atoms with van der Waals surface area (Å²) in [6, 6.07) is 0.337. The first-order valence-corrected chi connectivity index (χ1v) is 10.0. The maximum atomic E-state index is 13.0. The predicted molar refractivity (Wildman–Crippen MR) is 86.5 cm³/mol. The molecule has 2 rings (SSSR count). The Labute approximate surface area is 130 Å². The molecule has 2 saturated heterocycles. The molecule has 2 aliphatic heterocycles. The summed E-state index contributed by atoms with van der Waals surface area (Å²) in [7, 11) is -3.28. The molecule has 0 bridgehead atoms. The minimum atomic E-state index is -3.28. The van der Waals surface area contributed by atoms with Gasteiger partial charge in [0.05, 0.1) is 0 Å². The maximum absolute atomic E-state index is 13.0. The highest BCUT2D eigenvalue weighted by atomic mass is 32.2. The molecule has 0 spiro atoms. The molecule has 0 aromatic heterocycles. The van der Waals surface area contributed by atoms with Crippen LogP contribution in [0.3, 0.4) is 0 Å². The first kappa shape index (κ1) is 17.2. The molecular weight excluding hydrogens is 286 g/mol. The number of nitrogens with zero attached hydrogens (tertiary/aromatic N) is 2. The summed E-state index contributed by atoms with van der Waals surface area (Å²) in [4.78, 5) is 0. The van der Waals surface area contributed by atoms with Crippen molar-refractivity contribution in [1.82, 2.24) is 13.9 Å². The Morgan fingerprint density at radius 3 is 2.43 bits per heavy atom. The van der Waals surface area contributed by atoms with Crippen molar-refractivity contribution in [2.24, 2.45) is 0 Å². The Balaban J connectivity index is 2.04. The molecule has 21 heavy (non-hydrogen) atoms. The Morgan fingerprint density at radius 1 is 1.14 bits per heavy atom. The van der Waals surface area contributed by atoms with E-state index in [9.17, 15) is 8.42 Å². The van der Waals surface area contributed by atoms with Crippen LogP contribution in [0.25, 0.3) is 0 Å². The van der Waals surface area contributed by atoms with Crippen molar-refractivity contribution < 1.29 is 8.42 Å². The number of unbranched alkanes of at least 4 members (excludes halogenated alkanes) is 1. The predicted octanol–water partition coefficient (Wildman–Crippen LogP) is 1.96. The smallest absolute Gasteiger partial charge is 0.282 e. The molecule has 1 unspecified atom stereocenters. The molecule has 2 heterocycles. The lowest BCUT2D eigenvalue weighted by Crippen LogP contribution is -2.48. The van der Waals surface area contributed by atoms with Crippen molar-refractivity contribution in [3.05, 3.63) is 0 Å². The zero-order valence-electron chi connectivity index (χ0n) is 13.4. The van der Waals surface area contributed by atoms with Gasteiger partial charge in [-0.2, -0.15) is 17.0 Å². The highest BCUT2D eigenvalue weighted by Gasteiger charge is 2.31. The van der Waals surface area contributed by atoms with E-state index >= 15 is 0 Å². The zero-order chi connectivity index (χ0) is 15.1. The van der Waals surface area contributed by atoms with Crippen LogP contribution in [0.15, 0.2) is 0 Å². The minimum Gasteiger partial charge on any atom is -0.313 e. The third kappa shape index (κ3) is 4.91. The van der Waals surface area contributed by atoms with Crippen LogP contribution in [0.1, 0.15) is 58.3 Å². The first-order valence-electron chi connectivity index (χ1n) is 8.63. The summed E-state index contributed by atoms with van der Waals surface area (Å²) in [6.45, 7) is 5.83. The summed E-state index contributed by atoms with van der Waals surface area (Å²) in [6.07, 6.45) is 8.56. The van der Waals surface area contributed by atoms with Gasteiger partial charge in [0.1, 0.15) is 0 Å². The van der Waals surface area contributed by atoms with Crippen LogP contribution in [0.5, 0.6) is 0 Å². The topological polar surface area (TPSA) is 52.7 Å². The van der Waals surface area contributed by atoms with Gasteiger partial charge in [-0.3, -0.25) is 0 Å². The van der Waals surface area contributed by atoms with Crippen molar-refractivity contribution in [3.8, 4) is 0 Å². The molecule has 2 aliphatic rings. The lowest BCUT2D eigenvalue weighted by molar-refractivity contribution is 0.317. The van der Waals surface area contributed by atoms with E-state index in [2.05, 4.69) is 12.2 Å². The van der Waals surface area contributed by atoms with Gasteiger partial charge in [0, 0.05) is 32.2 Å². The largest absolute Gasteiger partial charge is 0.313 e. The van der Waals surface area contributed by atoms with Gasteiger partial charge in [-0.05, 0) is 38.6 Å². The quantitative estimate of drug-likeness (QED) is 0.781. The second kappa shape index (κ2) is 8.46. The molecule has 0 radical (unpaired) electrons. The third-order valence-corrected chi connectivity index (χ3v) is 6.57. The molecule has 2 fully saturated rings. The van der Waals surface area contributed by atoms with Crippen molar-refractivity contribution in [3.63, 3.8) is 0 Å². The number of rotatable bonds is 7. The number of nitrogens with one attached hydrogen (secondary N) is 1. The SMILES string of the molecule is CCCCN(CC1CCCN1)S(=O)(=O)N1CCCCCC1. The van der Waals surface area contributed by atoms with Crippen molar-refractivity contribution >= 4 is 10.2 Å². The second-order valence-electron chi connectivity index (χ2n) is 6.33. The van der Waals surface area contributed by atoms with Gasteiger partial charge in [0.2, 0.25) is 0 Å². The fraction of sp³-hybridized carbons (Fsp3) is 1.00. The van der Waals surface area contributed by atoms with Crippen LogP contribution >= 0.6 is 0 Å². The molecule has 0 saturated carbocycles. The Morgan fingerprint density at radius 2 is 1.86 bits per heavy atom. The first-order chi connectivity index (χ1) is 10.1. The molecule has 1 N–H and O–H groups in total. The fourth-order valence-corrected chi connectivity index (χ4v) is 5.00. The van der Waals surface area contributed by atoms with Gasteiger partial charge < -0.3 is 5.32 Å². The lowest BCUT2D eigenvalue weighted by atomic mass is 10.2. The van der Waals surface area contributed by atoms with Crippen LogP contribution in [0.4, 0.5) is 0 Å². The number of hydrogen-bond acceptors (Lipinski definition) is 3. The Kier molecular flexibility index (Phi) is 6.92. The summed E-state index contributed by atoms with van der Waals surface area (Å²) in [5.41, 5.74) is 0. The molecule has 0 aromatic carbocycles. The molecule has 0 aromatic rings. The van der Waals surface area contributed by atoms with Gasteiger partial charge in [0.15, 0.2) is 0 Å². The van der Waals surface area contributed by atoms with E-state index in [0.29, 0.717) is 32.2 Å². The van der Waals surface area contributed by atoms with Crippen LogP contribution in [-0.4, -0.2) is 55.8 Å². The average molecular weight is 317 g/mol. The number of hydrogen-bond donors (Lipinski definition) is 1. The summed E-state index contributed by atoms with van der Waals surface area (Å²) >= 11 is 0. The van der Waals surface area contributed by atoms with E-state index in [1.165, 1.54) is 0 Å². The zero-order valence-corrected chi connectivity index (χ0v) is 14.2. The van der Waals surface area contributed by atoms with Gasteiger partial charge in [-0.15, -0.1) is 0 Å². The van der Waals surface area contributed by atoms with Crippen molar-refractivity contribution in [2.45, 2.75) is 64.3 Å². The van der Waals surface area contributed by atoms with Gasteiger partial charge in [0.25, 0.3) is 10.2 Å². The molecule has 1 atom stereocenters. The summed E-state index contributed by atoms with van der Waals surface area (Å²) in [5, 5.41) is 3.43. The van der Waals surface area contributed by atoms with Crippen molar-refractivity contribution in [2.75, 3.05) is 32.7 Å². The van der Waals surface area contributed by atoms with Crippen molar-refractivity contribution in [1.29, 1.82) is 0 Å². The highest BCUT2D eigenvalue weighted by molar-refractivity contribution is 7.86. The molecule has 0 aliphatic carbocycles. The van der Waals surface area contributed by atoms with Gasteiger partial charge in [-0.1, -0.05) is 26.2 Å². The summed E-state index contributed by atoms with van der Waals surface area (Å²) < 4.78 is 29.4. The molecule has 6 heteroatoms. The van der Waals surface area contributed by atoms with Crippen LogP contribution in [-0.2, 0) is 10.2 Å². The second-order valence-corrected chi connectivity index (χ2v) is 8.25. The van der Waals surface area contributed by atoms with E-state index in [1.54, 1.807) is 8.61 Å². The molecule has 0 amide bonds. The van der Waals surface area contributed by atoms with E-state index < -0.39 is 10.2 Å². The van der Waals surface area contributed by atoms with Crippen LogP contribution in [0.2, 0.25) is 0 Å². The maximum Gasteiger partial charge on any atom is 0.282 e. The third-order valence-electron chi connectivity index (χ3n) is 4.57. The monoisotopic (exact) mass is 317 g/mol. The van der Waals surface area contributed by atoms with E-state index in [0.717, 1.165) is 57.9 Å². The Bertz CT molecular complexity index is 386. The normalized spacial score (nSPS) is 25.3. The molecule has 124 valence electrons. The molecule has 5 nitrogen and oxygen atoms in total. The van der Waals surface area contributed by atoms with E-state index in [1.807, 2.05) is 0 Å². The minimum absolute atomic E-state index is 0.337. The lowest BCUT2D eigenvalue weighted by Gasteiger charge is -2.31. The van der Waals surface area contributed by atoms with Crippen LogP contribution < -0.4 is 5.32 Å². The van der Waals surface area contributed by atoms with Crippen LogP contribution in [0, 0.1) is 0 Å².